The zero-order valence-electron chi connectivity index (χ0n) is 20.7. The van der Waals surface area contributed by atoms with E-state index in [4.69, 9.17) is 9.47 Å². The van der Waals surface area contributed by atoms with Crippen molar-refractivity contribution in [3.63, 3.8) is 0 Å². The molecule has 1 saturated heterocycles. The van der Waals surface area contributed by atoms with Gasteiger partial charge < -0.3 is 14.8 Å². The minimum atomic E-state index is -3.33. The molecule has 0 unspecified atom stereocenters. The molecule has 0 amide bonds. The van der Waals surface area contributed by atoms with Crippen molar-refractivity contribution >= 4 is 48.9 Å². The summed E-state index contributed by atoms with van der Waals surface area (Å²) >= 11 is 5.15. The first kappa shape index (κ1) is 27.6. The third-order valence-corrected chi connectivity index (χ3v) is 9.95. The van der Waals surface area contributed by atoms with Crippen LogP contribution in [-0.4, -0.2) is 51.0 Å². The van der Waals surface area contributed by atoms with Gasteiger partial charge in [0.25, 0.3) is 0 Å². The van der Waals surface area contributed by atoms with E-state index in [1.807, 2.05) is 60.8 Å². The zero-order chi connectivity index (χ0) is 26.3. The number of carbonyl (C=O) groups excluding carboxylic acids is 1. The van der Waals surface area contributed by atoms with Crippen LogP contribution in [0.3, 0.4) is 0 Å². The summed E-state index contributed by atoms with van der Waals surface area (Å²) in [5.74, 6) is 0.262. The van der Waals surface area contributed by atoms with E-state index in [9.17, 15) is 13.2 Å². The second-order valence-corrected chi connectivity index (χ2v) is 12.5. The number of sulfonamides is 1. The molecule has 1 fully saturated rings. The minimum absolute atomic E-state index is 0.0370. The Labute approximate surface area is 231 Å². The standard InChI is InChI=1S/C27H31BrN2O5S2/c1-2-15-34-25(31)17-35-24-18-36-27(26(24)28)21-9-6-10-23(16-21)29-22-11-13-30(14-12-22)37(32,33)19-20-7-4-3-5-8-20/h3-10,16,18,22,29H,2,11-15,17,19H2,1H3. The van der Waals surface area contributed by atoms with Gasteiger partial charge in [-0.15, -0.1) is 11.3 Å². The normalized spacial score (nSPS) is 14.9. The van der Waals surface area contributed by atoms with E-state index in [-0.39, 0.29) is 24.4 Å². The van der Waals surface area contributed by atoms with E-state index in [1.54, 1.807) is 4.31 Å². The summed E-state index contributed by atoms with van der Waals surface area (Å²) in [7, 11) is -3.33. The second-order valence-electron chi connectivity index (χ2n) is 8.89. The number of hydrogen-bond acceptors (Lipinski definition) is 7. The van der Waals surface area contributed by atoms with Crippen LogP contribution >= 0.6 is 27.3 Å². The fraction of sp³-hybridized carbons (Fsp3) is 0.370. The highest BCUT2D eigenvalue weighted by Gasteiger charge is 2.28. The number of rotatable bonds is 11. The Morgan fingerprint density at radius 3 is 2.62 bits per heavy atom. The van der Waals surface area contributed by atoms with Gasteiger partial charge >= 0.3 is 5.97 Å². The first-order chi connectivity index (χ1) is 17.9. The van der Waals surface area contributed by atoms with Gasteiger partial charge in [-0.1, -0.05) is 49.4 Å². The third kappa shape index (κ3) is 7.56. The van der Waals surface area contributed by atoms with Crippen molar-refractivity contribution in [2.45, 2.75) is 38.0 Å². The predicted octanol–water partition coefficient (Wildman–Crippen LogP) is 5.92. The average Bonchev–Trinajstić information content (AvgIpc) is 3.27. The van der Waals surface area contributed by atoms with Gasteiger partial charge in [-0.2, -0.15) is 0 Å². The summed E-state index contributed by atoms with van der Waals surface area (Å²) in [6.07, 6.45) is 2.26. The number of esters is 1. The molecule has 37 heavy (non-hydrogen) atoms. The van der Waals surface area contributed by atoms with Crippen LogP contribution in [0.2, 0.25) is 0 Å². The lowest BCUT2D eigenvalue weighted by molar-refractivity contribution is -0.146. The van der Waals surface area contributed by atoms with Crippen molar-refractivity contribution in [3.05, 3.63) is 70.0 Å². The lowest BCUT2D eigenvalue weighted by atomic mass is 10.1. The quantitative estimate of drug-likeness (QED) is 0.273. The van der Waals surface area contributed by atoms with Crippen LogP contribution < -0.4 is 10.1 Å². The van der Waals surface area contributed by atoms with Crippen LogP contribution in [0, 0.1) is 0 Å². The molecule has 1 aliphatic rings. The summed E-state index contributed by atoms with van der Waals surface area (Å²) < 4.78 is 38.8. The molecule has 0 aliphatic carbocycles. The number of ether oxygens (including phenoxy) is 2. The largest absolute Gasteiger partial charge is 0.480 e. The second kappa shape index (κ2) is 12.9. The first-order valence-electron chi connectivity index (χ1n) is 12.3. The van der Waals surface area contributed by atoms with Crippen molar-refractivity contribution < 1.29 is 22.7 Å². The Morgan fingerprint density at radius 1 is 1.14 bits per heavy atom. The molecule has 0 atom stereocenters. The molecule has 2 heterocycles. The number of piperidine rings is 1. The van der Waals surface area contributed by atoms with Crippen LogP contribution in [0.1, 0.15) is 31.7 Å². The highest BCUT2D eigenvalue weighted by atomic mass is 79.9. The lowest BCUT2D eigenvalue weighted by Gasteiger charge is -2.32. The highest BCUT2D eigenvalue weighted by molar-refractivity contribution is 9.10. The van der Waals surface area contributed by atoms with Crippen molar-refractivity contribution in [2.24, 2.45) is 0 Å². The summed E-state index contributed by atoms with van der Waals surface area (Å²) in [4.78, 5) is 12.8. The van der Waals surface area contributed by atoms with Crippen LogP contribution in [0.15, 0.2) is 64.5 Å². The molecule has 2 aromatic carbocycles. The minimum Gasteiger partial charge on any atom is -0.480 e. The van der Waals surface area contributed by atoms with Crippen molar-refractivity contribution in [2.75, 3.05) is 31.6 Å². The number of nitrogens with one attached hydrogen (secondary N) is 1. The molecule has 1 N–H and O–H groups in total. The van der Waals surface area contributed by atoms with E-state index in [0.29, 0.717) is 25.4 Å². The summed E-state index contributed by atoms with van der Waals surface area (Å²) in [6, 6.07) is 17.6. The topological polar surface area (TPSA) is 84.9 Å². The van der Waals surface area contributed by atoms with Gasteiger partial charge in [0.05, 0.1) is 21.7 Å². The third-order valence-electron chi connectivity index (χ3n) is 6.05. The maximum absolute atomic E-state index is 12.9. The number of benzene rings is 2. The van der Waals surface area contributed by atoms with Crippen molar-refractivity contribution in [3.8, 4) is 16.2 Å². The van der Waals surface area contributed by atoms with Crippen molar-refractivity contribution in [1.29, 1.82) is 0 Å². The number of thiophene rings is 1. The van der Waals surface area contributed by atoms with Gasteiger partial charge in [0.1, 0.15) is 5.75 Å². The Morgan fingerprint density at radius 2 is 1.89 bits per heavy atom. The fourth-order valence-corrected chi connectivity index (χ4v) is 7.49. The van der Waals surface area contributed by atoms with Gasteiger partial charge in [-0.25, -0.2) is 17.5 Å². The Bertz CT molecular complexity index is 1290. The fourth-order valence-electron chi connectivity index (χ4n) is 4.15. The SMILES string of the molecule is CCCOC(=O)COc1csc(-c2cccc(NC3CCN(S(=O)(=O)Cc4ccccc4)CC3)c2)c1Br. The Balaban J connectivity index is 1.33. The number of nitrogens with zero attached hydrogens (tertiary/aromatic N) is 1. The lowest BCUT2D eigenvalue weighted by Crippen LogP contribution is -2.42. The van der Waals surface area contributed by atoms with E-state index in [0.717, 1.165) is 45.4 Å². The Kier molecular flexibility index (Phi) is 9.64. The molecule has 4 rings (SSSR count). The average molecular weight is 608 g/mol. The van der Waals surface area contributed by atoms with Gasteiger partial charge in [-0.3, -0.25) is 0 Å². The first-order valence-corrected chi connectivity index (χ1v) is 15.6. The number of carbonyl (C=O) groups is 1. The smallest absolute Gasteiger partial charge is 0.344 e. The van der Waals surface area contributed by atoms with E-state index >= 15 is 0 Å². The van der Waals surface area contributed by atoms with Crippen LogP contribution in [-0.2, 0) is 25.3 Å². The molecule has 1 aliphatic heterocycles. The van der Waals surface area contributed by atoms with Gasteiger partial charge in [-0.05, 0) is 58.5 Å². The van der Waals surface area contributed by atoms with Gasteiger partial charge in [0.15, 0.2) is 6.61 Å². The molecule has 1 aromatic heterocycles. The molecule has 0 radical (unpaired) electrons. The predicted molar refractivity (Wildman–Crippen MR) is 151 cm³/mol. The molecule has 0 saturated carbocycles. The molecule has 10 heteroatoms. The van der Waals surface area contributed by atoms with Gasteiger partial charge in [0.2, 0.25) is 10.0 Å². The number of hydrogen-bond donors (Lipinski definition) is 1. The summed E-state index contributed by atoms with van der Waals surface area (Å²) in [5.41, 5.74) is 2.81. The zero-order valence-corrected chi connectivity index (χ0v) is 23.9. The number of halogens is 1. The van der Waals surface area contributed by atoms with Crippen LogP contribution in [0.5, 0.6) is 5.75 Å². The monoisotopic (exact) mass is 606 g/mol. The van der Waals surface area contributed by atoms with E-state index < -0.39 is 10.0 Å². The number of anilines is 1. The van der Waals surface area contributed by atoms with Gasteiger partial charge in [0, 0.05) is 30.2 Å². The van der Waals surface area contributed by atoms with Crippen LogP contribution in [0.4, 0.5) is 5.69 Å². The highest BCUT2D eigenvalue weighted by Crippen LogP contribution is 2.42. The molecular weight excluding hydrogens is 576 g/mol. The molecule has 0 spiro atoms. The molecule has 0 bridgehead atoms. The molecule has 3 aromatic rings. The molecular formula is C27H31BrN2O5S2. The van der Waals surface area contributed by atoms with E-state index in [1.165, 1.54) is 11.3 Å². The molecule has 198 valence electrons. The summed E-state index contributed by atoms with van der Waals surface area (Å²) in [5, 5.41) is 5.45. The molecule has 7 nitrogen and oxygen atoms in total. The Hall–Kier alpha value is -2.40. The maximum atomic E-state index is 12.9. The van der Waals surface area contributed by atoms with E-state index in [2.05, 4.69) is 27.3 Å². The van der Waals surface area contributed by atoms with Crippen LogP contribution in [0.25, 0.3) is 10.4 Å². The maximum Gasteiger partial charge on any atom is 0.344 e. The van der Waals surface area contributed by atoms with Crippen molar-refractivity contribution in [1.82, 2.24) is 4.31 Å². The summed E-state index contributed by atoms with van der Waals surface area (Å²) in [6.45, 7) is 3.21.